The van der Waals surface area contributed by atoms with Crippen LogP contribution in [0.25, 0.3) is 0 Å². The van der Waals surface area contributed by atoms with Gasteiger partial charge >= 0.3 is 0 Å². The summed E-state index contributed by atoms with van der Waals surface area (Å²) in [6.07, 6.45) is 5.08. The van der Waals surface area contributed by atoms with Gasteiger partial charge in [0.1, 0.15) is 0 Å². The second kappa shape index (κ2) is 6.41. The highest BCUT2D eigenvalue weighted by Crippen LogP contribution is 2.53. The largest absolute Gasteiger partial charge is 0.322 e. The first-order valence-corrected chi connectivity index (χ1v) is 9.98. The molecule has 4 atom stereocenters. The van der Waals surface area contributed by atoms with Crippen molar-refractivity contribution in [2.24, 2.45) is 23.7 Å². The van der Waals surface area contributed by atoms with Crippen LogP contribution in [-0.4, -0.2) is 17.7 Å². The zero-order chi connectivity index (χ0) is 20.3. The molecule has 146 valence electrons. The lowest BCUT2D eigenvalue weighted by molar-refractivity contribution is -0.123. The van der Waals surface area contributed by atoms with Crippen LogP contribution >= 0.6 is 0 Å². The number of allylic oxidation sites excluding steroid dienone is 2. The molecule has 3 aliphatic rings. The van der Waals surface area contributed by atoms with Gasteiger partial charge in [-0.25, -0.2) is 0 Å². The monoisotopic (exact) mass is 386 g/mol. The number of nitrogens with zero attached hydrogens (tertiary/aromatic N) is 1. The molecule has 5 heteroatoms. The summed E-state index contributed by atoms with van der Waals surface area (Å²) >= 11 is 0. The van der Waals surface area contributed by atoms with Gasteiger partial charge in [0.25, 0.3) is 5.91 Å². The lowest BCUT2D eigenvalue weighted by Gasteiger charge is -2.17. The van der Waals surface area contributed by atoms with Crippen molar-refractivity contribution in [3.63, 3.8) is 0 Å². The van der Waals surface area contributed by atoms with Crippen LogP contribution in [-0.2, 0) is 9.59 Å². The third-order valence-corrected chi connectivity index (χ3v) is 6.34. The number of imide groups is 1. The highest BCUT2D eigenvalue weighted by molar-refractivity contribution is 6.23. The summed E-state index contributed by atoms with van der Waals surface area (Å²) < 4.78 is 0. The molecule has 1 saturated heterocycles. The zero-order valence-corrected chi connectivity index (χ0v) is 16.4. The Balaban J connectivity index is 1.35. The number of rotatable bonds is 3. The standard InChI is InChI=1S/C24H22N2O3/c1-13-9-14(2)11-18(10-13)25-22(27)15-5-7-19(8-6-15)26-23(28)20-16-3-4-17(12-16)21(20)24(26)29/h3-11,16-17,20-21H,12H2,1-2H3,(H,25,27)/t16-,17+,20-,21+. The molecule has 0 unspecified atom stereocenters. The average molecular weight is 386 g/mol. The lowest BCUT2D eigenvalue weighted by atomic mass is 9.85. The van der Waals surface area contributed by atoms with Crippen LogP contribution in [0.15, 0.2) is 54.6 Å². The van der Waals surface area contributed by atoms with Crippen LogP contribution in [0, 0.1) is 37.5 Å². The minimum atomic E-state index is -0.222. The number of carbonyl (C=O) groups excluding carboxylic acids is 3. The molecule has 0 spiro atoms. The third kappa shape index (κ3) is 2.80. The predicted octanol–water partition coefficient (Wildman–Crippen LogP) is 3.87. The van der Waals surface area contributed by atoms with E-state index in [-0.39, 0.29) is 41.4 Å². The highest BCUT2D eigenvalue weighted by Gasteiger charge is 2.59. The first-order valence-electron chi connectivity index (χ1n) is 9.98. The Morgan fingerprint density at radius 2 is 1.45 bits per heavy atom. The van der Waals surface area contributed by atoms with Crippen molar-refractivity contribution in [2.45, 2.75) is 20.3 Å². The van der Waals surface area contributed by atoms with Gasteiger partial charge in [-0.3, -0.25) is 19.3 Å². The van der Waals surface area contributed by atoms with Crippen LogP contribution in [0.1, 0.15) is 27.9 Å². The average Bonchev–Trinajstić information content (AvgIpc) is 3.35. The topological polar surface area (TPSA) is 66.5 Å². The minimum absolute atomic E-state index is 0.107. The van der Waals surface area contributed by atoms with Crippen molar-refractivity contribution in [3.8, 4) is 0 Å². The van der Waals surface area contributed by atoms with Gasteiger partial charge < -0.3 is 5.32 Å². The molecule has 1 N–H and O–H groups in total. The van der Waals surface area contributed by atoms with E-state index in [9.17, 15) is 14.4 Å². The molecule has 5 rings (SSSR count). The molecule has 2 aliphatic carbocycles. The molecular weight excluding hydrogens is 364 g/mol. The molecule has 29 heavy (non-hydrogen) atoms. The van der Waals surface area contributed by atoms with Crippen molar-refractivity contribution in [1.29, 1.82) is 0 Å². The van der Waals surface area contributed by atoms with E-state index >= 15 is 0 Å². The van der Waals surface area contributed by atoms with Gasteiger partial charge in [0.2, 0.25) is 11.8 Å². The molecular formula is C24H22N2O3. The number of aryl methyl sites for hydroxylation is 2. The number of hydrogen-bond donors (Lipinski definition) is 1. The van der Waals surface area contributed by atoms with Gasteiger partial charge in [-0.2, -0.15) is 0 Å². The third-order valence-electron chi connectivity index (χ3n) is 6.34. The van der Waals surface area contributed by atoms with E-state index in [4.69, 9.17) is 0 Å². The molecule has 2 aromatic rings. The Morgan fingerprint density at radius 3 is 2.00 bits per heavy atom. The van der Waals surface area contributed by atoms with Gasteiger partial charge in [0.05, 0.1) is 17.5 Å². The van der Waals surface area contributed by atoms with Crippen molar-refractivity contribution in [1.82, 2.24) is 0 Å². The normalized spacial score (nSPS) is 26.9. The van der Waals surface area contributed by atoms with E-state index in [1.807, 2.05) is 32.0 Å². The number of benzene rings is 2. The van der Waals surface area contributed by atoms with E-state index in [0.717, 1.165) is 23.2 Å². The van der Waals surface area contributed by atoms with Gasteiger partial charge in [0, 0.05) is 11.3 Å². The number of hydrogen-bond acceptors (Lipinski definition) is 3. The van der Waals surface area contributed by atoms with Gasteiger partial charge in [-0.1, -0.05) is 18.2 Å². The Morgan fingerprint density at radius 1 is 0.897 bits per heavy atom. The summed E-state index contributed by atoms with van der Waals surface area (Å²) in [6.45, 7) is 3.97. The number of nitrogens with one attached hydrogen (secondary N) is 1. The molecule has 2 bridgehead atoms. The first-order chi connectivity index (χ1) is 13.9. The Bertz CT molecular complexity index is 1020. The van der Waals surface area contributed by atoms with E-state index in [2.05, 4.69) is 17.5 Å². The Kier molecular flexibility index (Phi) is 3.95. The summed E-state index contributed by atoms with van der Waals surface area (Å²) in [7, 11) is 0. The fourth-order valence-electron chi connectivity index (χ4n) is 5.17. The maximum atomic E-state index is 12.9. The molecule has 1 aliphatic heterocycles. The summed E-state index contributed by atoms with van der Waals surface area (Å²) in [5, 5.41) is 2.90. The van der Waals surface area contributed by atoms with Crippen molar-refractivity contribution < 1.29 is 14.4 Å². The maximum Gasteiger partial charge on any atom is 0.255 e. The van der Waals surface area contributed by atoms with Crippen molar-refractivity contribution in [2.75, 3.05) is 10.2 Å². The van der Waals surface area contributed by atoms with Crippen LogP contribution in [0.5, 0.6) is 0 Å². The first kappa shape index (κ1) is 17.9. The lowest BCUT2D eigenvalue weighted by Crippen LogP contribution is -2.32. The fourth-order valence-corrected chi connectivity index (χ4v) is 5.17. The van der Waals surface area contributed by atoms with E-state index in [1.165, 1.54) is 4.90 Å². The van der Waals surface area contributed by atoms with E-state index in [1.54, 1.807) is 24.3 Å². The van der Waals surface area contributed by atoms with Crippen LogP contribution in [0.3, 0.4) is 0 Å². The summed E-state index contributed by atoms with van der Waals surface area (Å²) in [5.74, 6) is -0.494. The quantitative estimate of drug-likeness (QED) is 0.643. The van der Waals surface area contributed by atoms with Crippen molar-refractivity contribution >= 4 is 29.1 Å². The molecule has 2 fully saturated rings. The fraction of sp³-hybridized carbons (Fsp3) is 0.292. The summed E-state index contributed by atoms with van der Waals surface area (Å²) in [5.41, 5.74) is 3.93. The molecule has 0 radical (unpaired) electrons. The van der Waals surface area contributed by atoms with Gasteiger partial charge in [0.15, 0.2) is 0 Å². The molecule has 1 heterocycles. The zero-order valence-electron chi connectivity index (χ0n) is 16.4. The molecule has 1 saturated carbocycles. The summed E-state index contributed by atoms with van der Waals surface area (Å²) in [6, 6.07) is 12.6. The predicted molar refractivity (Wildman–Crippen MR) is 111 cm³/mol. The molecule has 2 aromatic carbocycles. The van der Waals surface area contributed by atoms with Crippen LogP contribution in [0.2, 0.25) is 0 Å². The maximum absolute atomic E-state index is 12.9. The minimum Gasteiger partial charge on any atom is -0.322 e. The van der Waals surface area contributed by atoms with E-state index in [0.29, 0.717) is 11.3 Å². The number of anilines is 2. The number of fused-ring (bicyclic) bond motifs is 5. The highest BCUT2D eigenvalue weighted by atomic mass is 16.2. The Hall–Kier alpha value is -3.21. The smallest absolute Gasteiger partial charge is 0.255 e. The van der Waals surface area contributed by atoms with Gasteiger partial charge in [-0.15, -0.1) is 0 Å². The van der Waals surface area contributed by atoms with Crippen LogP contribution in [0.4, 0.5) is 11.4 Å². The second-order valence-electron chi connectivity index (χ2n) is 8.39. The van der Waals surface area contributed by atoms with Gasteiger partial charge in [-0.05, 0) is 79.6 Å². The molecule has 3 amide bonds. The molecule has 5 nitrogen and oxygen atoms in total. The van der Waals surface area contributed by atoms with Crippen molar-refractivity contribution in [3.05, 3.63) is 71.3 Å². The second-order valence-corrected chi connectivity index (χ2v) is 8.39. The Labute approximate surface area is 169 Å². The number of amides is 3. The number of carbonyl (C=O) groups is 3. The van der Waals surface area contributed by atoms with Crippen LogP contribution < -0.4 is 10.2 Å². The summed E-state index contributed by atoms with van der Waals surface area (Å²) in [4.78, 5) is 39.7. The SMILES string of the molecule is Cc1cc(C)cc(NC(=O)c2ccc(N3C(=O)[C@@H]4[C@H](C3=O)[C@@H]3C=C[C@H]4C3)cc2)c1. The molecule has 0 aromatic heterocycles. The van der Waals surface area contributed by atoms with E-state index < -0.39 is 0 Å².